The molecule has 14 heavy (non-hydrogen) atoms. The fourth-order valence-corrected chi connectivity index (χ4v) is 2.84. The molecule has 1 unspecified atom stereocenters. The average molecular weight is 198 g/mol. The fourth-order valence-electron chi connectivity index (χ4n) is 2.84. The number of aliphatic hydroxyl groups is 1. The van der Waals surface area contributed by atoms with Crippen LogP contribution in [0.3, 0.4) is 0 Å². The topological polar surface area (TPSA) is 26.7 Å². The maximum absolute atomic E-state index is 9.82. The Morgan fingerprint density at radius 1 is 1.21 bits per heavy atom. The molecule has 3 atom stereocenters. The van der Waals surface area contributed by atoms with E-state index in [2.05, 4.69) is 23.9 Å². The quantitative estimate of drug-likeness (QED) is 0.701. The first kappa shape index (κ1) is 10.4. The number of likely N-dealkylation sites (N-methyl/N-ethyl adjacent to an activating group) is 1. The zero-order valence-corrected chi connectivity index (χ0v) is 9.32. The van der Waals surface area contributed by atoms with Gasteiger partial charge in [-0.05, 0) is 39.8 Å². The Kier molecular flexibility index (Phi) is 3.10. The second-order valence-electron chi connectivity index (χ2n) is 4.97. The molecule has 3 nitrogen and oxygen atoms in total. The Hall–Kier alpha value is -0.120. The molecular weight excluding hydrogens is 176 g/mol. The van der Waals surface area contributed by atoms with Crippen molar-refractivity contribution >= 4 is 0 Å². The van der Waals surface area contributed by atoms with Gasteiger partial charge in [-0.2, -0.15) is 0 Å². The molecule has 0 bridgehead atoms. The van der Waals surface area contributed by atoms with Gasteiger partial charge in [0.15, 0.2) is 0 Å². The van der Waals surface area contributed by atoms with E-state index < -0.39 is 0 Å². The van der Waals surface area contributed by atoms with E-state index in [0.717, 1.165) is 13.0 Å². The standard InChI is InChI=1S/C11H22N2O/c1-12(2)9-6-7-13(8-9)10-4-3-5-11(10)14/h9-11,14H,3-8H2,1-2H3/t9?,10-,11-/m0/s1. The maximum atomic E-state index is 9.82. The number of hydrogen-bond acceptors (Lipinski definition) is 3. The Labute approximate surface area is 86.7 Å². The highest BCUT2D eigenvalue weighted by atomic mass is 16.3. The lowest BCUT2D eigenvalue weighted by molar-refractivity contribution is 0.0813. The van der Waals surface area contributed by atoms with E-state index in [-0.39, 0.29) is 6.10 Å². The number of aliphatic hydroxyl groups excluding tert-OH is 1. The van der Waals surface area contributed by atoms with E-state index in [9.17, 15) is 5.11 Å². The van der Waals surface area contributed by atoms with Gasteiger partial charge in [0, 0.05) is 25.2 Å². The van der Waals surface area contributed by atoms with Crippen molar-refractivity contribution in [1.29, 1.82) is 0 Å². The lowest BCUT2D eigenvalue weighted by Gasteiger charge is -2.27. The van der Waals surface area contributed by atoms with Gasteiger partial charge in [-0.1, -0.05) is 0 Å². The van der Waals surface area contributed by atoms with Crippen LogP contribution in [0.2, 0.25) is 0 Å². The van der Waals surface area contributed by atoms with Crippen molar-refractivity contribution in [1.82, 2.24) is 9.80 Å². The first-order valence-corrected chi connectivity index (χ1v) is 5.77. The van der Waals surface area contributed by atoms with Crippen molar-refractivity contribution in [3.8, 4) is 0 Å². The number of nitrogens with zero attached hydrogens (tertiary/aromatic N) is 2. The summed E-state index contributed by atoms with van der Waals surface area (Å²) >= 11 is 0. The van der Waals surface area contributed by atoms with Crippen molar-refractivity contribution in [2.75, 3.05) is 27.2 Å². The van der Waals surface area contributed by atoms with Crippen LogP contribution in [0.25, 0.3) is 0 Å². The Balaban J connectivity index is 1.88. The Morgan fingerprint density at radius 2 is 2.00 bits per heavy atom. The van der Waals surface area contributed by atoms with E-state index in [4.69, 9.17) is 0 Å². The minimum absolute atomic E-state index is 0.0593. The Morgan fingerprint density at radius 3 is 2.50 bits per heavy atom. The minimum Gasteiger partial charge on any atom is -0.391 e. The van der Waals surface area contributed by atoms with E-state index in [1.54, 1.807) is 0 Å². The average Bonchev–Trinajstić information content (AvgIpc) is 2.71. The molecule has 1 N–H and O–H groups in total. The van der Waals surface area contributed by atoms with Gasteiger partial charge in [0.2, 0.25) is 0 Å². The van der Waals surface area contributed by atoms with Gasteiger partial charge in [0.25, 0.3) is 0 Å². The lowest BCUT2D eigenvalue weighted by Crippen LogP contribution is -2.41. The van der Waals surface area contributed by atoms with Crippen molar-refractivity contribution in [2.24, 2.45) is 0 Å². The van der Waals surface area contributed by atoms with Crippen LogP contribution in [-0.4, -0.2) is 60.3 Å². The molecule has 82 valence electrons. The molecule has 2 rings (SSSR count). The summed E-state index contributed by atoms with van der Waals surface area (Å²) in [7, 11) is 4.30. The summed E-state index contributed by atoms with van der Waals surface area (Å²) in [5.74, 6) is 0. The molecule has 0 radical (unpaired) electrons. The third-order valence-corrected chi connectivity index (χ3v) is 3.84. The largest absolute Gasteiger partial charge is 0.391 e. The highest BCUT2D eigenvalue weighted by Crippen LogP contribution is 2.27. The molecule has 0 aromatic rings. The molecule has 0 aromatic carbocycles. The molecule has 0 spiro atoms. The molecule has 2 aliphatic rings. The first-order chi connectivity index (χ1) is 6.68. The highest BCUT2D eigenvalue weighted by Gasteiger charge is 2.35. The molecule has 1 saturated carbocycles. The summed E-state index contributed by atoms with van der Waals surface area (Å²) in [6.45, 7) is 2.32. The van der Waals surface area contributed by atoms with E-state index in [0.29, 0.717) is 12.1 Å². The summed E-state index contributed by atoms with van der Waals surface area (Å²) in [5, 5.41) is 9.82. The monoisotopic (exact) mass is 198 g/mol. The summed E-state index contributed by atoms with van der Waals surface area (Å²) in [4.78, 5) is 4.80. The predicted octanol–water partition coefficient (Wildman–Crippen LogP) is 0.536. The molecule has 1 saturated heterocycles. The molecule has 1 heterocycles. The van der Waals surface area contributed by atoms with Crippen LogP contribution in [0.1, 0.15) is 25.7 Å². The minimum atomic E-state index is -0.0593. The van der Waals surface area contributed by atoms with Crippen LogP contribution in [0.5, 0.6) is 0 Å². The number of rotatable bonds is 2. The van der Waals surface area contributed by atoms with Crippen LogP contribution in [-0.2, 0) is 0 Å². The van der Waals surface area contributed by atoms with E-state index in [1.807, 2.05) is 0 Å². The van der Waals surface area contributed by atoms with Gasteiger partial charge >= 0.3 is 0 Å². The van der Waals surface area contributed by atoms with Crippen LogP contribution in [0, 0.1) is 0 Å². The van der Waals surface area contributed by atoms with Crippen LogP contribution >= 0.6 is 0 Å². The zero-order chi connectivity index (χ0) is 10.1. The summed E-state index contributed by atoms with van der Waals surface area (Å²) in [5.41, 5.74) is 0. The lowest BCUT2D eigenvalue weighted by atomic mass is 10.2. The maximum Gasteiger partial charge on any atom is 0.0695 e. The molecule has 1 aliphatic heterocycles. The van der Waals surface area contributed by atoms with Crippen molar-refractivity contribution in [2.45, 2.75) is 43.9 Å². The number of hydrogen-bond donors (Lipinski definition) is 1. The van der Waals surface area contributed by atoms with E-state index in [1.165, 1.54) is 25.8 Å². The third-order valence-electron chi connectivity index (χ3n) is 3.84. The van der Waals surface area contributed by atoms with Crippen LogP contribution in [0.4, 0.5) is 0 Å². The van der Waals surface area contributed by atoms with Gasteiger partial charge in [-0.3, -0.25) is 4.90 Å². The van der Waals surface area contributed by atoms with Crippen molar-refractivity contribution in [3.63, 3.8) is 0 Å². The van der Waals surface area contributed by atoms with Gasteiger partial charge in [-0.25, -0.2) is 0 Å². The molecular formula is C11H22N2O. The summed E-state index contributed by atoms with van der Waals surface area (Å²) in [6.07, 6.45) is 4.61. The van der Waals surface area contributed by atoms with Crippen molar-refractivity contribution in [3.05, 3.63) is 0 Å². The second kappa shape index (κ2) is 4.17. The molecule has 0 amide bonds. The summed E-state index contributed by atoms with van der Waals surface area (Å²) < 4.78 is 0. The molecule has 3 heteroatoms. The van der Waals surface area contributed by atoms with Gasteiger partial charge in [-0.15, -0.1) is 0 Å². The summed E-state index contributed by atoms with van der Waals surface area (Å²) in [6, 6.07) is 1.16. The third kappa shape index (κ3) is 1.95. The molecule has 1 aliphatic carbocycles. The van der Waals surface area contributed by atoms with Crippen molar-refractivity contribution < 1.29 is 5.11 Å². The van der Waals surface area contributed by atoms with Gasteiger partial charge in [0.1, 0.15) is 0 Å². The van der Waals surface area contributed by atoms with E-state index >= 15 is 0 Å². The number of likely N-dealkylation sites (tertiary alicyclic amines) is 1. The second-order valence-corrected chi connectivity index (χ2v) is 4.97. The predicted molar refractivity (Wildman–Crippen MR) is 57.3 cm³/mol. The zero-order valence-electron chi connectivity index (χ0n) is 9.32. The highest BCUT2D eigenvalue weighted by molar-refractivity contribution is 4.91. The molecule has 2 fully saturated rings. The fraction of sp³-hybridized carbons (Fsp3) is 1.00. The van der Waals surface area contributed by atoms with Gasteiger partial charge < -0.3 is 10.0 Å². The van der Waals surface area contributed by atoms with Crippen LogP contribution < -0.4 is 0 Å². The van der Waals surface area contributed by atoms with Crippen LogP contribution in [0.15, 0.2) is 0 Å². The SMILES string of the molecule is CN(C)C1CCN([C@H]2CCC[C@@H]2O)C1. The first-order valence-electron chi connectivity index (χ1n) is 5.77. The normalized spacial score (nSPS) is 39.9. The smallest absolute Gasteiger partial charge is 0.0695 e. The van der Waals surface area contributed by atoms with Gasteiger partial charge in [0.05, 0.1) is 6.10 Å². The Bertz CT molecular complexity index is 196. The molecule has 0 aromatic heterocycles.